The largest absolute Gasteiger partial charge is 0.493 e. The van der Waals surface area contributed by atoms with E-state index in [9.17, 15) is 14.4 Å². The number of rotatable bonds is 12. The van der Waals surface area contributed by atoms with Gasteiger partial charge in [-0.1, -0.05) is 25.8 Å². The first-order chi connectivity index (χ1) is 20.9. The van der Waals surface area contributed by atoms with Gasteiger partial charge < -0.3 is 34.8 Å². The standard InChI is InChI=1S/C25H32N4O2.C6H8O7/c1-5-14-31-22-9-8-19(15-23(22)30-4)16-28-13-10-20-21(17-28)26-24(18(2)3)27-25(20)29-11-6-7-12-29;7-3(8)1-6(13,5(11)12)2-4(9)10/h1,8-9,15,18H,6-7,10-14,16-17H2,2-4H3;13H,1-2H2,(H,7,8)(H,9,10)(H,11,12). The van der Waals surface area contributed by atoms with Crippen molar-refractivity contribution in [1.82, 2.24) is 14.9 Å². The summed E-state index contributed by atoms with van der Waals surface area (Å²) in [5.41, 5.74) is 0.981. The van der Waals surface area contributed by atoms with Crippen LogP contribution in [0.2, 0.25) is 0 Å². The second kappa shape index (κ2) is 15.4. The fourth-order valence-corrected chi connectivity index (χ4v) is 5.09. The first kappa shape index (κ1) is 34.1. The zero-order valence-electron chi connectivity index (χ0n) is 25.3. The van der Waals surface area contributed by atoms with Crippen molar-refractivity contribution in [2.24, 2.45) is 0 Å². The van der Waals surface area contributed by atoms with Crippen LogP contribution in [0.3, 0.4) is 0 Å². The molecule has 44 heavy (non-hydrogen) atoms. The van der Waals surface area contributed by atoms with E-state index < -0.39 is 36.4 Å². The lowest BCUT2D eigenvalue weighted by molar-refractivity contribution is -0.170. The van der Waals surface area contributed by atoms with Gasteiger partial charge in [0.2, 0.25) is 0 Å². The van der Waals surface area contributed by atoms with E-state index in [0.717, 1.165) is 45.0 Å². The highest BCUT2D eigenvalue weighted by molar-refractivity contribution is 5.88. The lowest BCUT2D eigenvalue weighted by atomic mass is 9.96. The molecule has 238 valence electrons. The molecule has 0 spiro atoms. The number of hydrogen-bond donors (Lipinski definition) is 4. The zero-order chi connectivity index (χ0) is 32.4. The molecule has 0 unspecified atom stereocenters. The molecule has 0 aliphatic carbocycles. The molecule has 4 N–H and O–H groups in total. The van der Waals surface area contributed by atoms with Crippen LogP contribution in [0.25, 0.3) is 0 Å². The van der Waals surface area contributed by atoms with Crippen molar-refractivity contribution in [1.29, 1.82) is 0 Å². The van der Waals surface area contributed by atoms with Crippen LogP contribution < -0.4 is 14.4 Å². The smallest absolute Gasteiger partial charge is 0.336 e. The Balaban J connectivity index is 0.000000345. The molecule has 3 heterocycles. The Kier molecular flexibility index (Phi) is 11.9. The van der Waals surface area contributed by atoms with Gasteiger partial charge in [0.25, 0.3) is 0 Å². The second-order valence-electron chi connectivity index (χ2n) is 11.1. The number of aromatic nitrogens is 2. The molecule has 1 aromatic heterocycles. The van der Waals surface area contributed by atoms with Gasteiger partial charge in [0, 0.05) is 44.2 Å². The fourth-order valence-electron chi connectivity index (χ4n) is 5.09. The number of fused-ring (bicyclic) bond motifs is 1. The van der Waals surface area contributed by atoms with E-state index >= 15 is 0 Å². The summed E-state index contributed by atoms with van der Waals surface area (Å²) in [6, 6.07) is 6.06. The number of ether oxygens (including phenoxy) is 2. The van der Waals surface area contributed by atoms with Crippen molar-refractivity contribution in [3.05, 3.63) is 40.8 Å². The highest BCUT2D eigenvalue weighted by Gasteiger charge is 2.40. The summed E-state index contributed by atoms with van der Waals surface area (Å²) < 4.78 is 11.1. The molecular formula is C31H40N4O9. The zero-order valence-corrected chi connectivity index (χ0v) is 25.3. The van der Waals surface area contributed by atoms with Gasteiger partial charge in [0.1, 0.15) is 18.2 Å². The molecule has 0 atom stereocenters. The maximum atomic E-state index is 10.3. The molecule has 0 radical (unpaired) electrons. The third kappa shape index (κ3) is 9.05. The van der Waals surface area contributed by atoms with Crippen molar-refractivity contribution >= 4 is 23.7 Å². The van der Waals surface area contributed by atoms with Gasteiger partial charge in [-0.3, -0.25) is 14.5 Å². The van der Waals surface area contributed by atoms with Crippen LogP contribution in [0.1, 0.15) is 68.1 Å². The average molecular weight is 613 g/mol. The van der Waals surface area contributed by atoms with Gasteiger partial charge in [-0.05, 0) is 37.0 Å². The van der Waals surface area contributed by atoms with Crippen molar-refractivity contribution in [3.63, 3.8) is 0 Å². The third-order valence-electron chi connectivity index (χ3n) is 7.29. The van der Waals surface area contributed by atoms with Gasteiger partial charge in [-0.2, -0.15) is 0 Å². The first-order valence-electron chi connectivity index (χ1n) is 14.4. The van der Waals surface area contributed by atoms with E-state index in [1.54, 1.807) is 7.11 Å². The van der Waals surface area contributed by atoms with Crippen LogP contribution in [0.15, 0.2) is 18.2 Å². The molecule has 4 rings (SSSR count). The number of carboxylic acid groups (broad SMARTS) is 3. The maximum absolute atomic E-state index is 10.3. The molecule has 0 saturated carbocycles. The summed E-state index contributed by atoms with van der Waals surface area (Å²) in [4.78, 5) is 45.4. The Bertz CT molecular complexity index is 1370. The normalized spacial score (nSPS) is 14.7. The first-order valence-corrected chi connectivity index (χ1v) is 14.4. The lowest BCUT2D eigenvalue weighted by Crippen LogP contribution is -2.42. The molecule has 13 heteroatoms. The van der Waals surface area contributed by atoms with Crippen LogP contribution in [0.5, 0.6) is 11.5 Å². The number of aliphatic carboxylic acids is 3. The summed E-state index contributed by atoms with van der Waals surface area (Å²) in [6.45, 7) is 9.47. The van der Waals surface area contributed by atoms with Gasteiger partial charge in [-0.25, -0.2) is 14.8 Å². The minimum atomic E-state index is -2.74. The summed E-state index contributed by atoms with van der Waals surface area (Å²) in [6.07, 6.45) is 6.51. The Morgan fingerprint density at radius 3 is 2.25 bits per heavy atom. The Hall–Kier alpha value is -4.41. The lowest BCUT2D eigenvalue weighted by Gasteiger charge is -2.31. The van der Waals surface area contributed by atoms with E-state index in [4.69, 9.17) is 46.3 Å². The predicted octanol–water partition coefficient (Wildman–Crippen LogP) is 2.53. The third-order valence-corrected chi connectivity index (χ3v) is 7.29. The number of anilines is 1. The molecule has 0 amide bonds. The van der Waals surface area contributed by atoms with Gasteiger partial charge in [0.05, 0.1) is 25.6 Å². The number of terminal acetylenes is 1. The molecule has 0 bridgehead atoms. The van der Waals surface area contributed by atoms with Crippen LogP contribution in [-0.2, 0) is 33.9 Å². The minimum absolute atomic E-state index is 0.232. The van der Waals surface area contributed by atoms with E-state index in [1.165, 1.54) is 35.5 Å². The number of nitrogens with zero attached hydrogens (tertiary/aromatic N) is 4. The fraction of sp³-hybridized carbons (Fsp3) is 0.516. The van der Waals surface area contributed by atoms with Crippen LogP contribution in [0.4, 0.5) is 5.82 Å². The van der Waals surface area contributed by atoms with E-state index in [-0.39, 0.29) is 6.61 Å². The summed E-state index contributed by atoms with van der Waals surface area (Å²) in [7, 11) is 1.66. The van der Waals surface area contributed by atoms with Gasteiger partial charge in [0.15, 0.2) is 17.1 Å². The SMILES string of the molecule is C#CCOc1ccc(CN2CCc3c(nc(C(C)C)nc3N3CCCC3)C2)cc1OC.O=C(O)CC(O)(CC(=O)O)C(=O)O. The number of carboxylic acids is 3. The quantitative estimate of drug-likeness (QED) is 0.257. The van der Waals surface area contributed by atoms with Crippen molar-refractivity contribution in [3.8, 4) is 23.8 Å². The summed E-state index contributed by atoms with van der Waals surface area (Å²) in [5.74, 6) is 1.33. The molecule has 2 aliphatic heterocycles. The number of aliphatic hydroxyl groups is 1. The Morgan fingerprint density at radius 1 is 1.05 bits per heavy atom. The Morgan fingerprint density at radius 2 is 1.70 bits per heavy atom. The number of carbonyl (C=O) groups is 3. The molecule has 1 fully saturated rings. The van der Waals surface area contributed by atoms with Crippen LogP contribution in [0, 0.1) is 12.3 Å². The Labute approximate surface area is 256 Å². The van der Waals surface area contributed by atoms with Crippen molar-refractivity contribution in [2.75, 3.05) is 38.3 Å². The molecule has 2 aliphatic rings. The molecular weight excluding hydrogens is 572 g/mol. The van der Waals surface area contributed by atoms with E-state index in [0.29, 0.717) is 17.4 Å². The number of benzene rings is 1. The number of methoxy groups -OCH3 is 1. The second-order valence-corrected chi connectivity index (χ2v) is 11.1. The minimum Gasteiger partial charge on any atom is -0.493 e. The summed E-state index contributed by atoms with van der Waals surface area (Å²) in [5, 5.41) is 33.8. The number of hydrogen-bond acceptors (Lipinski definition) is 10. The average Bonchev–Trinajstić information content (AvgIpc) is 3.50. The van der Waals surface area contributed by atoms with E-state index in [2.05, 4.69) is 35.6 Å². The maximum Gasteiger partial charge on any atom is 0.336 e. The molecule has 1 saturated heterocycles. The van der Waals surface area contributed by atoms with Crippen molar-refractivity contribution < 1.29 is 44.3 Å². The molecule has 2 aromatic rings. The predicted molar refractivity (Wildman–Crippen MR) is 160 cm³/mol. The van der Waals surface area contributed by atoms with Crippen molar-refractivity contribution in [2.45, 2.75) is 70.6 Å². The topological polar surface area (TPSA) is 183 Å². The highest BCUT2D eigenvalue weighted by atomic mass is 16.5. The van der Waals surface area contributed by atoms with Gasteiger partial charge in [-0.15, -0.1) is 6.42 Å². The van der Waals surface area contributed by atoms with Gasteiger partial charge >= 0.3 is 17.9 Å². The monoisotopic (exact) mass is 612 g/mol. The molecule has 1 aromatic carbocycles. The van der Waals surface area contributed by atoms with Crippen LogP contribution in [-0.4, -0.2) is 92.2 Å². The van der Waals surface area contributed by atoms with Crippen LogP contribution >= 0.6 is 0 Å². The highest BCUT2D eigenvalue weighted by Crippen LogP contribution is 2.32. The molecule has 13 nitrogen and oxygen atoms in total. The van der Waals surface area contributed by atoms with E-state index in [1.807, 2.05) is 12.1 Å². The summed E-state index contributed by atoms with van der Waals surface area (Å²) >= 11 is 0.